The average molecular weight is 441 g/mol. The van der Waals surface area contributed by atoms with Crippen molar-refractivity contribution in [2.24, 2.45) is 7.05 Å². The van der Waals surface area contributed by atoms with E-state index in [1.807, 2.05) is 0 Å². The van der Waals surface area contributed by atoms with Crippen molar-refractivity contribution in [3.63, 3.8) is 0 Å². The Balaban J connectivity index is 1.59. The van der Waals surface area contributed by atoms with Crippen molar-refractivity contribution in [1.29, 1.82) is 0 Å². The monoisotopic (exact) mass is 441 g/mol. The van der Waals surface area contributed by atoms with E-state index in [4.69, 9.17) is 0 Å². The van der Waals surface area contributed by atoms with E-state index in [9.17, 15) is 26.3 Å². The number of halogens is 6. The number of aromatic amines is 1. The van der Waals surface area contributed by atoms with Crippen LogP contribution in [-0.2, 0) is 13.2 Å². The molecule has 0 aliphatic rings. The van der Waals surface area contributed by atoms with E-state index >= 15 is 0 Å². The van der Waals surface area contributed by atoms with E-state index < -0.39 is 18.2 Å². The number of benzene rings is 2. The highest BCUT2D eigenvalue weighted by Crippen LogP contribution is 2.36. The number of H-pyrrole nitrogens is 1. The molecule has 6 nitrogen and oxygen atoms in total. The van der Waals surface area contributed by atoms with Gasteiger partial charge in [-0.1, -0.05) is 6.07 Å². The zero-order chi connectivity index (χ0) is 22.4. The van der Waals surface area contributed by atoms with E-state index in [0.29, 0.717) is 22.3 Å². The van der Waals surface area contributed by atoms with Crippen LogP contribution in [0.5, 0.6) is 5.75 Å². The third-order valence-corrected chi connectivity index (χ3v) is 4.24. The van der Waals surface area contributed by atoms with E-state index in [2.05, 4.69) is 25.1 Å². The van der Waals surface area contributed by atoms with Crippen molar-refractivity contribution in [1.82, 2.24) is 19.7 Å². The molecule has 0 atom stereocenters. The first-order valence-electron chi connectivity index (χ1n) is 8.72. The number of rotatable bonds is 4. The van der Waals surface area contributed by atoms with Crippen molar-refractivity contribution in [2.75, 3.05) is 5.32 Å². The summed E-state index contributed by atoms with van der Waals surface area (Å²) in [7, 11) is 1.40. The van der Waals surface area contributed by atoms with Gasteiger partial charge in [-0.25, -0.2) is 4.98 Å². The second kappa shape index (κ2) is 7.22. The highest BCUT2D eigenvalue weighted by molar-refractivity contribution is 5.84. The van der Waals surface area contributed by atoms with Gasteiger partial charge in [0.15, 0.2) is 5.69 Å². The number of anilines is 2. The molecule has 0 aliphatic carbocycles. The Morgan fingerprint density at radius 2 is 1.71 bits per heavy atom. The first kappa shape index (κ1) is 20.6. The predicted molar refractivity (Wildman–Crippen MR) is 99.7 cm³/mol. The van der Waals surface area contributed by atoms with Crippen LogP contribution in [0.3, 0.4) is 0 Å². The van der Waals surface area contributed by atoms with Gasteiger partial charge in [0.1, 0.15) is 5.75 Å². The molecule has 0 spiro atoms. The molecule has 0 fully saturated rings. The average Bonchev–Trinajstić information content (AvgIpc) is 3.24. The van der Waals surface area contributed by atoms with Gasteiger partial charge in [-0.2, -0.15) is 18.3 Å². The Hall–Kier alpha value is -3.70. The number of aryl methyl sites for hydroxylation is 1. The van der Waals surface area contributed by atoms with Crippen LogP contribution in [0.25, 0.3) is 22.2 Å². The van der Waals surface area contributed by atoms with Crippen LogP contribution < -0.4 is 10.1 Å². The minimum Gasteiger partial charge on any atom is -0.406 e. The van der Waals surface area contributed by atoms with Gasteiger partial charge in [-0.05, 0) is 42.0 Å². The molecule has 0 aliphatic heterocycles. The number of hydrogen-bond donors (Lipinski definition) is 2. The van der Waals surface area contributed by atoms with Gasteiger partial charge in [0.05, 0.1) is 11.0 Å². The fourth-order valence-electron chi connectivity index (χ4n) is 3.02. The molecule has 2 N–H and O–H groups in total. The van der Waals surface area contributed by atoms with Crippen LogP contribution in [0.1, 0.15) is 5.69 Å². The molecule has 0 bridgehead atoms. The Labute approximate surface area is 170 Å². The highest BCUT2D eigenvalue weighted by atomic mass is 19.4. The number of ether oxygens (including phenoxy) is 1. The lowest BCUT2D eigenvalue weighted by molar-refractivity contribution is -0.274. The van der Waals surface area contributed by atoms with Crippen LogP contribution in [0.15, 0.2) is 48.7 Å². The Bertz CT molecular complexity index is 1220. The molecular weight excluding hydrogens is 428 g/mol. The normalized spacial score (nSPS) is 12.4. The summed E-state index contributed by atoms with van der Waals surface area (Å²) in [5, 5.41) is 6.38. The smallest absolute Gasteiger partial charge is 0.406 e. The SMILES string of the molecule is Cn1cc(-c2ccc3nc(Nc4ccc(OC(F)(F)F)cc4)[nH]c3c2)c(C(F)(F)F)n1. The lowest BCUT2D eigenvalue weighted by atomic mass is 10.1. The maximum absolute atomic E-state index is 13.2. The summed E-state index contributed by atoms with van der Waals surface area (Å²) in [5.41, 5.74) is 0.626. The van der Waals surface area contributed by atoms with Crippen molar-refractivity contribution in [3.8, 4) is 16.9 Å². The number of nitrogens with zero attached hydrogens (tertiary/aromatic N) is 3. The number of nitrogens with one attached hydrogen (secondary N) is 2. The number of alkyl halides is 6. The zero-order valence-electron chi connectivity index (χ0n) is 15.6. The summed E-state index contributed by atoms with van der Waals surface area (Å²) in [5.74, 6) is -0.108. The molecule has 0 saturated carbocycles. The summed E-state index contributed by atoms with van der Waals surface area (Å²) >= 11 is 0. The molecule has 4 rings (SSSR count). The minimum atomic E-state index is -4.79. The lowest BCUT2D eigenvalue weighted by Gasteiger charge is -2.09. The molecule has 2 aromatic carbocycles. The van der Waals surface area contributed by atoms with Gasteiger partial charge in [-0.15, -0.1) is 13.2 Å². The van der Waals surface area contributed by atoms with Crippen molar-refractivity contribution < 1.29 is 31.1 Å². The molecule has 0 radical (unpaired) electrons. The molecule has 12 heteroatoms. The van der Waals surface area contributed by atoms with Crippen LogP contribution in [0.2, 0.25) is 0 Å². The van der Waals surface area contributed by atoms with Crippen LogP contribution in [0.4, 0.5) is 38.0 Å². The molecular formula is C19H13F6N5O. The molecule has 162 valence electrons. The van der Waals surface area contributed by atoms with Gasteiger partial charge < -0.3 is 15.0 Å². The van der Waals surface area contributed by atoms with E-state index in [1.165, 1.54) is 37.5 Å². The largest absolute Gasteiger partial charge is 0.573 e. The predicted octanol–water partition coefficient (Wildman–Crippen LogP) is 5.62. The minimum absolute atomic E-state index is 0.0683. The lowest BCUT2D eigenvalue weighted by Crippen LogP contribution is -2.16. The fourth-order valence-corrected chi connectivity index (χ4v) is 3.02. The third-order valence-electron chi connectivity index (χ3n) is 4.24. The summed E-state index contributed by atoms with van der Waals surface area (Å²) in [6.07, 6.45) is -8.11. The molecule has 2 heterocycles. The fraction of sp³-hybridized carbons (Fsp3) is 0.158. The second-order valence-electron chi connectivity index (χ2n) is 6.58. The van der Waals surface area contributed by atoms with Crippen LogP contribution >= 0.6 is 0 Å². The molecule has 0 unspecified atom stereocenters. The van der Waals surface area contributed by atoms with Crippen LogP contribution in [0, 0.1) is 0 Å². The van der Waals surface area contributed by atoms with Gasteiger partial charge >= 0.3 is 12.5 Å². The Kier molecular flexibility index (Phi) is 4.79. The van der Waals surface area contributed by atoms with Gasteiger partial charge in [-0.3, -0.25) is 4.68 Å². The second-order valence-corrected chi connectivity index (χ2v) is 6.58. The Morgan fingerprint density at radius 3 is 2.35 bits per heavy atom. The summed E-state index contributed by atoms with van der Waals surface area (Å²) in [4.78, 5) is 7.21. The molecule has 0 amide bonds. The Morgan fingerprint density at radius 1 is 1.00 bits per heavy atom. The van der Waals surface area contributed by atoms with Gasteiger partial charge in [0.25, 0.3) is 0 Å². The number of imidazole rings is 1. The van der Waals surface area contributed by atoms with Gasteiger partial charge in [0, 0.05) is 24.5 Å². The quantitative estimate of drug-likeness (QED) is 0.403. The number of fused-ring (bicyclic) bond motifs is 1. The summed E-state index contributed by atoms with van der Waals surface area (Å²) in [6, 6.07) is 9.58. The highest BCUT2D eigenvalue weighted by Gasteiger charge is 2.37. The van der Waals surface area contributed by atoms with Crippen molar-refractivity contribution >= 4 is 22.7 Å². The first-order valence-corrected chi connectivity index (χ1v) is 8.72. The maximum atomic E-state index is 13.2. The zero-order valence-corrected chi connectivity index (χ0v) is 15.6. The summed E-state index contributed by atoms with van der Waals surface area (Å²) < 4.78 is 81.3. The standard InChI is InChI=1S/C19H13F6N5O/c1-30-9-13(16(29-30)18(20,21)22)10-2-7-14-15(8-10)28-17(27-14)26-11-3-5-12(6-4-11)31-19(23,24)25/h2-9H,1H3,(H2,26,27,28). The number of hydrogen-bond acceptors (Lipinski definition) is 4. The third kappa shape index (κ3) is 4.57. The van der Waals surface area contributed by atoms with Crippen LogP contribution in [-0.4, -0.2) is 26.1 Å². The summed E-state index contributed by atoms with van der Waals surface area (Å²) in [6.45, 7) is 0. The van der Waals surface area contributed by atoms with Crippen molar-refractivity contribution in [2.45, 2.75) is 12.5 Å². The molecule has 31 heavy (non-hydrogen) atoms. The molecule has 2 aromatic heterocycles. The maximum Gasteiger partial charge on any atom is 0.573 e. The topological polar surface area (TPSA) is 67.8 Å². The van der Waals surface area contributed by atoms with E-state index in [0.717, 1.165) is 16.8 Å². The van der Waals surface area contributed by atoms with E-state index in [1.54, 1.807) is 6.07 Å². The molecule has 0 saturated heterocycles. The van der Waals surface area contributed by atoms with E-state index in [-0.39, 0.29) is 17.3 Å². The molecule has 4 aromatic rings. The first-order chi connectivity index (χ1) is 14.5. The number of aromatic nitrogens is 4. The van der Waals surface area contributed by atoms with Crippen molar-refractivity contribution in [3.05, 3.63) is 54.4 Å². The van der Waals surface area contributed by atoms with Gasteiger partial charge in [0.2, 0.25) is 5.95 Å².